The van der Waals surface area contributed by atoms with Gasteiger partial charge >= 0.3 is 6.18 Å². The molecule has 118 valence electrons. The van der Waals surface area contributed by atoms with Crippen LogP contribution in [0.4, 0.5) is 17.6 Å². The largest absolute Gasteiger partial charge is 0.419 e. The Morgan fingerprint density at radius 3 is 2.29 bits per heavy atom. The predicted octanol–water partition coefficient (Wildman–Crippen LogP) is 3.09. The van der Waals surface area contributed by atoms with Crippen molar-refractivity contribution in [3.63, 3.8) is 0 Å². The van der Waals surface area contributed by atoms with Crippen molar-refractivity contribution in [2.24, 2.45) is 5.73 Å². The Kier molecular flexibility index (Phi) is 5.33. The van der Waals surface area contributed by atoms with Crippen LogP contribution in [0.15, 0.2) is 18.2 Å². The molecule has 0 bridgehead atoms. The maximum Gasteiger partial charge on any atom is 0.419 e. The summed E-state index contributed by atoms with van der Waals surface area (Å²) in [5, 5.41) is 2.39. The van der Waals surface area contributed by atoms with E-state index in [0.29, 0.717) is 18.9 Å². The second-order valence-electron chi connectivity index (χ2n) is 4.92. The standard InChI is InChI=1S/C14H18F4N2O/c1-3-13(19,4-2)8-20-12(21)9-6-5-7-10(11(9)15)14(16,17)18/h5-7H,3-4,8,19H2,1-2H3,(H,20,21). The fraction of sp³-hybridized carbons (Fsp3) is 0.500. The number of benzene rings is 1. The number of alkyl halides is 3. The number of carbonyl (C=O) groups excluding carboxylic acids is 1. The first-order valence-electron chi connectivity index (χ1n) is 6.57. The van der Waals surface area contributed by atoms with E-state index in [1.165, 1.54) is 0 Å². The second-order valence-corrected chi connectivity index (χ2v) is 4.92. The Bertz CT molecular complexity index is 510. The average Bonchev–Trinajstić information content (AvgIpc) is 2.43. The lowest BCUT2D eigenvalue weighted by Gasteiger charge is -2.26. The molecule has 0 atom stereocenters. The first-order valence-corrected chi connectivity index (χ1v) is 6.57. The number of rotatable bonds is 5. The van der Waals surface area contributed by atoms with Gasteiger partial charge in [0.05, 0.1) is 11.1 Å². The number of nitrogens with two attached hydrogens (primary N) is 1. The summed E-state index contributed by atoms with van der Waals surface area (Å²) in [5.41, 5.74) is 3.22. The molecule has 0 radical (unpaired) electrons. The van der Waals surface area contributed by atoms with Gasteiger partial charge in [0.2, 0.25) is 0 Å². The third-order valence-corrected chi connectivity index (χ3v) is 3.56. The van der Waals surface area contributed by atoms with Gasteiger partial charge in [-0.05, 0) is 25.0 Å². The highest BCUT2D eigenvalue weighted by Gasteiger charge is 2.35. The van der Waals surface area contributed by atoms with E-state index in [9.17, 15) is 22.4 Å². The minimum absolute atomic E-state index is 0.0640. The summed E-state index contributed by atoms with van der Waals surface area (Å²) in [4.78, 5) is 11.8. The molecule has 0 heterocycles. The van der Waals surface area contributed by atoms with Gasteiger partial charge < -0.3 is 11.1 Å². The molecule has 0 aromatic heterocycles. The molecule has 7 heteroatoms. The maximum atomic E-state index is 13.8. The fourth-order valence-electron chi connectivity index (χ4n) is 1.78. The Balaban J connectivity index is 2.94. The summed E-state index contributed by atoms with van der Waals surface area (Å²) in [7, 11) is 0. The summed E-state index contributed by atoms with van der Waals surface area (Å²) < 4.78 is 51.5. The lowest BCUT2D eigenvalue weighted by molar-refractivity contribution is -0.140. The van der Waals surface area contributed by atoms with Gasteiger partial charge in [-0.1, -0.05) is 19.9 Å². The van der Waals surface area contributed by atoms with Crippen molar-refractivity contribution in [1.29, 1.82) is 0 Å². The molecule has 3 nitrogen and oxygen atoms in total. The normalized spacial score (nSPS) is 12.3. The quantitative estimate of drug-likeness (QED) is 0.821. The molecule has 1 amide bonds. The van der Waals surface area contributed by atoms with E-state index < -0.39 is 34.6 Å². The molecular formula is C14H18F4N2O. The lowest BCUT2D eigenvalue weighted by atomic mass is 9.94. The van der Waals surface area contributed by atoms with Gasteiger partial charge in [0, 0.05) is 12.1 Å². The third-order valence-electron chi connectivity index (χ3n) is 3.56. The first-order chi connectivity index (χ1) is 9.64. The number of nitrogens with one attached hydrogen (secondary N) is 1. The van der Waals surface area contributed by atoms with Crippen molar-refractivity contribution >= 4 is 5.91 Å². The van der Waals surface area contributed by atoms with Gasteiger partial charge in [0.1, 0.15) is 5.82 Å². The first kappa shape index (κ1) is 17.4. The van der Waals surface area contributed by atoms with Gasteiger partial charge in [-0.2, -0.15) is 13.2 Å². The molecule has 0 fully saturated rings. The molecule has 0 unspecified atom stereocenters. The van der Waals surface area contributed by atoms with Crippen LogP contribution in [0.2, 0.25) is 0 Å². The molecular weight excluding hydrogens is 288 g/mol. The number of carbonyl (C=O) groups is 1. The van der Waals surface area contributed by atoms with E-state index in [4.69, 9.17) is 5.73 Å². The average molecular weight is 306 g/mol. The van der Waals surface area contributed by atoms with Gasteiger partial charge in [0.15, 0.2) is 0 Å². The van der Waals surface area contributed by atoms with Crippen molar-refractivity contribution < 1.29 is 22.4 Å². The highest BCUT2D eigenvalue weighted by Crippen LogP contribution is 2.32. The summed E-state index contributed by atoms with van der Waals surface area (Å²) >= 11 is 0. The maximum absolute atomic E-state index is 13.8. The van der Waals surface area contributed by atoms with Gasteiger partial charge in [-0.25, -0.2) is 4.39 Å². The smallest absolute Gasteiger partial charge is 0.350 e. The molecule has 0 saturated carbocycles. The topological polar surface area (TPSA) is 55.1 Å². The molecule has 0 aliphatic heterocycles. The Morgan fingerprint density at radius 1 is 1.24 bits per heavy atom. The van der Waals surface area contributed by atoms with Crippen molar-refractivity contribution in [2.45, 2.75) is 38.4 Å². The third kappa shape index (κ3) is 4.17. The molecule has 1 aromatic carbocycles. The van der Waals surface area contributed by atoms with Gasteiger partial charge in [-0.3, -0.25) is 4.79 Å². The van der Waals surface area contributed by atoms with Crippen molar-refractivity contribution in [2.75, 3.05) is 6.54 Å². The zero-order valence-corrected chi connectivity index (χ0v) is 11.9. The fourth-order valence-corrected chi connectivity index (χ4v) is 1.78. The monoisotopic (exact) mass is 306 g/mol. The van der Waals surface area contributed by atoms with Crippen LogP contribution in [0, 0.1) is 5.82 Å². The van der Waals surface area contributed by atoms with Crippen LogP contribution in [0.1, 0.15) is 42.6 Å². The number of amides is 1. The summed E-state index contributed by atoms with van der Waals surface area (Å²) in [6.45, 7) is 3.73. The Morgan fingerprint density at radius 2 is 1.81 bits per heavy atom. The van der Waals surface area contributed by atoms with E-state index >= 15 is 0 Å². The van der Waals surface area contributed by atoms with Crippen molar-refractivity contribution in [3.05, 3.63) is 35.1 Å². The van der Waals surface area contributed by atoms with E-state index in [2.05, 4.69) is 5.32 Å². The molecule has 0 spiro atoms. The Labute approximate surface area is 120 Å². The van der Waals surface area contributed by atoms with E-state index in [1.54, 1.807) is 0 Å². The zero-order valence-electron chi connectivity index (χ0n) is 11.9. The minimum atomic E-state index is -4.84. The summed E-state index contributed by atoms with van der Waals surface area (Å²) in [5.74, 6) is -2.48. The SMILES string of the molecule is CCC(N)(CC)CNC(=O)c1cccc(C(F)(F)F)c1F. The second kappa shape index (κ2) is 6.43. The van der Waals surface area contributed by atoms with E-state index in [0.717, 1.165) is 12.1 Å². The summed E-state index contributed by atoms with van der Waals surface area (Å²) in [6.07, 6.45) is -3.69. The van der Waals surface area contributed by atoms with Crippen LogP contribution in [-0.2, 0) is 6.18 Å². The van der Waals surface area contributed by atoms with Crippen molar-refractivity contribution in [3.8, 4) is 0 Å². The molecule has 1 aromatic rings. The predicted molar refractivity (Wildman–Crippen MR) is 71.2 cm³/mol. The number of halogens is 4. The van der Waals surface area contributed by atoms with Crippen LogP contribution < -0.4 is 11.1 Å². The lowest BCUT2D eigenvalue weighted by Crippen LogP contribution is -2.49. The molecule has 1 rings (SSSR count). The highest BCUT2D eigenvalue weighted by atomic mass is 19.4. The summed E-state index contributed by atoms with van der Waals surface area (Å²) in [6, 6.07) is 2.60. The molecule has 3 N–H and O–H groups in total. The molecule has 0 aliphatic carbocycles. The van der Waals surface area contributed by atoms with Crippen molar-refractivity contribution in [1.82, 2.24) is 5.32 Å². The van der Waals surface area contributed by atoms with E-state index in [1.807, 2.05) is 13.8 Å². The molecule has 21 heavy (non-hydrogen) atoms. The molecule has 0 aliphatic rings. The number of hydrogen-bond donors (Lipinski definition) is 2. The van der Waals surface area contributed by atoms with Crippen LogP contribution >= 0.6 is 0 Å². The highest BCUT2D eigenvalue weighted by molar-refractivity contribution is 5.94. The number of hydrogen-bond acceptors (Lipinski definition) is 2. The van der Waals surface area contributed by atoms with Crippen LogP contribution in [0.5, 0.6) is 0 Å². The molecule has 0 saturated heterocycles. The van der Waals surface area contributed by atoms with E-state index in [-0.39, 0.29) is 6.54 Å². The zero-order chi connectivity index (χ0) is 16.3. The van der Waals surface area contributed by atoms with Crippen LogP contribution in [-0.4, -0.2) is 18.0 Å². The van der Waals surface area contributed by atoms with Gasteiger partial charge in [0.25, 0.3) is 5.91 Å². The van der Waals surface area contributed by atoms with Crippen LogP contribution in [0.25, 0.3) is 0 Å². The Hall–Kier alpha value is -1.63. The minimum Gasteiger partial charge on any atom is -0.350 e. The van der Waals surface area contributed by atoms with Gasteiger partial charge in [-0.15, -0.1) is 0 Å². The van der Waals surface area contributed by atoms with Crippen LogP contribution in [0.3, 0.4) is 0 Å².